The van der Waals surface area contributed by atoms with E-state index in [4.69, 9.17) is 4.74 Å². The van der Waals surface area contributed by atoms with Crippen molar-refractivity contribution >= 4 is 0 Å². The first-order valence-corrected chi connectivity index (χ1v) is 5.51. The highest BCUT2D eigenvalue weighted by Gasteiger charge is 2.33. The Kier molecular flexibility index (Phi) is 2.61. The zero-order chi connectivity index (χ0) is 9.31. The molecule has 2 fully saturated rings. The zero-order valence-corrected chi connectivity index (χ0v) is 8.88. The second kappa shape index (κ2) is 3.58. The Morgan fingerprint density at radius 2 is 2.15 bits per heavy atom. The van der Waals surface area contributed by atoms with Crippen molar-refractivity contribution in [3.63, 3.8) is 0 Å². The predicted octanol–water partition coefficient (Wildman–Crippen LogP) is 1.90. The third kappa shape index (κ3) is 2.05. The van der Waals surface area contributed by atoms with E-state index in [1.165, 1.54) is 25.8 Å². The van der Waals surface area contributed by atoms with Crippen molar-refractivity contribution < 1.29 is 4.74 Å². The second-order valence-electron chi connectivity index (χ2n) is 5.11. The SMILES string of the molecule is CC1(C)COCCN1CC1CCC1. The van der Waals surface area contributed by atoms with Gasteiger partial charge in [-0.25, -0.2) is 0 Å². The summed E-state index contributed by atoms with van der Waals surface area (Å²) in [6, 6.07) is 0. The summed E-state index contributed by atoms with van der Waals surface area (Å²) in [4.78, 5) is 2.61. The molecule has 2 heteroatoms. The van der Waals surface area contributed by atoms with E-state index < -0.39 is 0 Å². The largest absolute Gasteiger partial charge is 0.378 e. The van der Waals surface area contributed by atoms with E-state index in [-0.39, 0.29) is 5.54 Å². The molecule has 1 aliphatic carbocycles. The van der Waals surface area contributed by atoms with Crippen LogP contribution in [0, 0.1) is 5.92 Å². The van der Waals surface area contributed by atoms with Crippen LogP contribution in [0.25, 0.3) is 0 Å². The summed E-state index contributed by atoms with van der Waals surface area (Å²) < 4.78 is 5.51. The summed E-state index contributed by atoms with van der Waals surface area (Å²) in [5, 5.41) is 0. The van der Waals surface area contributed by atoms with Crippen LogP contribution in [0.3, 0.4) is 0 Å². The Morgan fingerprint density at radius 3 is 2.69 bits per heavy atom. The number of ether oxygens (including phenoxy) is 1. The van der Waals surface area contributed by atoms with Gasteiger partial charge in [-0.05, 0) is 32.6 Å². The first-order valence-electron chi connectivity index (χ1n) is 5.51. The molecular weight excluding hydrogens is 162 g/mol. The van der Waals surface area contributed by atoms with Gasteiger partial charge in [0.1, 0.15) is 0 Å². The van der Waals surface area contributed by atoms with Crippen molar-refractivity contribution in [1.82, 2.24) is 4.90 Å². The average molecular weight is 183 g/mol. The second-order valence-corrected chi connectivity index (χ2v) is 5.11. The Balaban J connectivity index is 1.87. The molecule has 0 N–H and O–H groups in total. The van der Waals surface area contributed by atoms with Gasteiger partial charge >= 0.3 is 0 Å². The lowest BCUT2D eigenvalue weighted by Gasteiger charge is -2.45. The molecule has 2 nitrogen and oxygen atoms in total. The van der Waals surface area contributed by atoms with Gasteiger partial charge in [-0.2, -0.15) is 0 Å². The van der Waals surface area contributed by atoms with Crippen LogP contribution in [-0.4, -0.2) is 36.7 Å². The molecule has 13 heavy (non-hydrogen) atoms. The van der Waals surface area contributed by atoms with Gasteiger partial charge in [0.2, 0.25) is 0 Å². The molecule has 1 aliphatic heterocycles. The Labute approximate surface area is 81.3 Å². The highest BCUT2D eigenvalue weighted by atomic mass is 16.5. The van der Waals surface area contributed by atoms with Crippen LogP contribution in [0.2, 0.25) is 0 Å². The highest BCUT2D eigenvalue weighted by Crippen LogP contribution is 2.30. The molecule has 0 radical (unpaired) electrons. The fourth-order valence-corrected chi connectivity index (χ4v) is 2.22. The van der Waals surface area contributed by atoms with Crippen LogP contribution in [0.15, 0.2) is 0 Å². The third-order valence-corrected chi connectivity index (χ3v) is 3.52. The molecule has 2 rings (SSSR count). The van der Waals surface area contributed by atoms with Gasteiger partial charge < -0.3 is 4.74 Å². The Morgan fingerprint density at radius 1 is 1.38 bits per heavy atom. The van der Waals surface area contributed by atoms with Crippen molar-refractivity contribution in [1.29, 1.82) is 0 Å². The van der Waals surface area contributed by atoms with Crippen LogP contribution in [0.5, 0.6) is 0 Å². The summed E-state index contributed by atoms with van der Waals surface area (Å²) in [5.41, 5.74) is 0.272. The van der Waals surface area contributed by atoms with Gasteiger partial charge in [-0.15, -0.1) is 0 Å². The van der Waals surface area contributed by atoms with Gasteiger partial charge in [0, 0.05) is 18.6 Å². The zero-order valence-electron chi connectivity index (χ0n) is 8.88. The van der Waals surface area contributed by atoms with Crippen molar-refractivity contribution in [2.75, 3.05) is 26.3 Å². The summed E-state index contributed by atoms with van der Waals surface area (Å²) in [6.07, 6.45) is 4.36. The molecule has 2 aliphatic rings. The van der Waals surface area contributed by atoms with Crippen LogP contribution in [0.4, 0.5) is 0 Å². The molecule has 1 heterocycles. The van der Waals surface area contributed by atoms with Crippen molar-refractivity contribution in [3.05, 3.63) is 0 Å². The van der Waals surface area contributed by atoms with E-state index in [2.05, 4.69) is 18.7 Å². The molecular formula is C11H21NO. The maximum absolute atomic E-state index is 5.51. The lowest BCUT2D eigenvalue weighted by molar-refractivity contribution is -0.0616. The number of hydrogen-bond donors (Lipinski definition) is 0. The highest BCUT2D eigenvalue weighted by molar-refractivity contribution is 4.87. The van der Waals surface area contributed by atoms with E-state index >= 15 is 0 Å². The summed E-state index contributed by atoms with van der Waals surface area (Å²) in [5.74, 6) is 0.984. The maximum Gasteiger partial charge on any atom is 0.0645 e. The normalized spacial score (nSPS) is 30.0. The topological polar surface area (TPSA) is 12.5 Å². The van der Waals surface area contributed by atoms with Crippen molar-refractivity contribution in [2.24, 2.45) is 5.92 Å². The summed E-state index contributed by atoms with van der Waals surface area (Å²) in [6.45, 7) is 8.85. The Hall–Kier alpha value is -0.0800. The molecule has 0 unspecified atom stereocenters. The monoisotopic (exact) mass is 183 g/mol. The van der Waals surface area contributed by atoms with Gasteiger partial charge in [0.05, 0.1) is 13.2 Å². The number of hydrogen-bond acceptors (Lipinski definition) is 2. The standard InChI is InChI=1S/C11H21NO/c1-11(2)9-13-7-6-12(11)8-10-4-3-5-10/h10H,3-9H2,1-2H3. The van der Waals surface area contributed by atoms with Crippen molar-refractivity contribution in [2.45, 2.75) is 38.6 Å². The quantitative estimate of drug-likeness (QED) is 0.648. The van der Waals surface area contributed by atoms with Crippen LogP contribution in [0.1, 0.15) is 33.1 Å². The van der Waals surface area contributed by atoms with Crippen LogP contribution in [-0.2, 0) is 4.74 Å². The molecule has 1 saturated carbocycles. The predicted molar refractivity (Wildman–Crippen MR) is 53.8 cm³/mol. The molecule has 0 amide bonds. The molecule has 0 aromatic carbocycles. The minimum atomic E-state index is 0.272. The number of morpholine rings is 1. The van der Waals surface area contributed by atoms with Gasteiger partial charge in [-0.1, -0.05) is 6.42 Å². The molecule has 0 aromatic rings. The molecule has 1 saturated heterocycles. The van der Waals surface area contributed by atoms with E-state index in [1.807, 2.05) is 0 Å². The number of nitrogens with zero attached hydrogens (tertiary/aromatic N) is 1. The number of rotatable bonds is 2. The average Bonchev–Trinajstić information content (AvgIpc) is 1.98. The minimum absolute atomic E-state index is 0.272. The third-order valence-electron chi connectivity index (χ3n) is 3.52. The fraction of sp³-hybridized carbons (Fsp3) is 1.00. The lowest BCUT2D eigenvalue weighted by Crippen LogP contribution is -2.54. The molecule has 0 bridgehead atoms. The smallest absolute Gasteiger partial charge is 0.0645 e. The van der Waals surface area contributed by atoms with E-state index in [0.717, 1.165) is 25.7 Å². The van der Waals surface area contributed by atoms with Crippen LogP contribution < -0.4 is 0 Å². The molecule has 0 aromatic heterocycles. The minimum Gasteiger partial charge on any atom is -0.378 e. The summed E-state index contributed by atoms with van der Waals surface area (Å²) in [7, 11) is 0. The first kappa shape index (κ1) is 9.47. The molecule has 0 spiro atoms. The maximum atomic E-state index is 5.51. The van der Waals surface area contributed by atoms with Gasteiger partial charge in [0.15, 0.2) is 0 Å². The van der Waals surface area contributed by atoms with Crippen LogP contribution >= 0.6 is 0 Å². The molecule has 0 atom stereocenters. The van der Waals surface area contributed by atoms with E-state index in [9.17, 15) is 0 Å². The fourth-order valence-electron chi connectivity index (χ4n) is 2.22. The summed E-state index contributed by atoms with van der Waals surface area (Å²) >= 11 is 0. The Bertz CT molecular complexity index is 175. The van der Waals surface area contributed by atoms with Crippen molar-refractivity contribution in [3.8, 4) is 0 Å². The molecule has 76 valence electrons. The lowest BCUT2D eigenvalue weighted by atomic mass is 9.84. The van der Waals surface area contributed by atoms with E-state index in [0.29, 0.717) is 0 Å². The van der Waals surface area contributed by atoms with Gasteiger partial charge in [-0.3, -0.25) is 4.90 Å². The van der Waals surface area contributed by atoms with E-state index in [1.54, 1.807) is 0 Å². The first-order chi connectivity index (χ1) is 6.18. The van der Waals surface area contributed by atoms with Gasteiger partial charge in [0.25, 0.3) is 0 Å².